The molecule has 1 heterocycles. The third-order valence-electron chi connectivity index (χ3n) is 2.16. The summed E-state index contributed by atoms with van der Waals surface area (Å²) >= 11 is 0. The van der Waals surface area contributed by atoms with Crippen LogP contribution in [-0.4, -0.2) is 29.3 Å². The van der Waals surface area contributed by atoms with Crippen molar-refractivity contribution in [1.29, 1.82) is 0 Å². The van der Waals surface area contributed by atoms with Crippen molar-refractivity contribution < 1.29 is 13.9 Å². The van der Waals surface area contributed by atoms with E-state index >= 15 is 0 Å². The maximum atomic E-state index is 11.4. The predicted octanol–water partition coefficient (Wildman–Crippen LogP) is 0.665. The van der Waals surface area contributed by atoms with Crippen molar-refractivity contribution in [1.82, 2.24) is 15.5 Å². The van der Waals surface area contributed by atoms with Gasteiger partial charge in [-0.1, -0.05) is 13.8 Å². The van der Waals surface area contributed by atoms with E-state index in [0.29, 0.717) is 18.3 Å². The first-order valence-electron chi connectivity index (χ1n) is 5.14. The topological polar surface area (TPSA) is 77.2 Å². The third-order valence-corrected chi connectivity index (χ3v) is 2.16. The maximum absolute atomic E-state index is 11.4. The first-order valence-corrected chi connectivity index (χ1v) is 5.14. The lowest BCUT2D eigenvalue weighted by Crippen LogP contribution is -2.41. The summed E-state index contributed by atoms with van der Waals surface area (Å²) < 4.78 is 9.89. The average Bonchev–Trinajstić information content (AvgIpc) is 2.63. The highest BCUT2D eigenvalue weighted by molar-refractivity contribution is 5.75. The summed E-state index contributed by atoms with van der Waals surface area (Å²) in [5.41, 5.74) is 0. The van der Waals surface area contributed by atoms with Gasteiger partial charge < -0.3 is 9.15 Å². The summed E-state index contributed by atoms with van der Waals surface area (Å²) in [6, 6.07) is -0.364. The highest BCUT2D eigenvalue weighted by atomic mass is 16.5. The van der Waals surface area contributed by atoms with E-state index < -0.39 is 0 Å². The van der Waals surface area contributed by atoms with Crippen LogP contribution in [0.15, 0.2) is 4.42 Å². The number of hydrogen-bond donors (Lipinski definition) is 1. The van der Waals surface area contributed by atoms with E-state index in [9.17, 15) is 4.79 Å². The van der Waals surface area contributed by atoms with E-state index in [1.807, 2.05) is 13.8 Å². The van der Waals surface area contributed by atoms with Gasteiger partial charge >= 0.3 is 5.97 Å². The standard InChI is InChI=1S/C10H17N3O3/c1-6(2)9(10(14)15-4)11-5-8-13-12-7(3)16-8/h6,9,11H,5H2,1-4H3. The van der Waals surface area contributed by atoms with Crippen LogP contribution in [0.2, 0.25) is 0 Å². The van der Waals surface area contributed by atoms with Crippen LogP contribution < -0.4 is 5.32 Å². The molecule has 0 spiro atoms. The summed E-state index contributed by atoms with van der Waals surface area (Å²) in [6.45, 7) is 5.96. The predicted molar refractivity (Wildman–Crippen MR) is 56.5 cm³/mol. The van der Waals surface area contributed by atoms with E-state index in [2.05, 4.69) is 15.5 Å². The Morgan fingerprint density at radius 2 is 2.19 bits per heavy atom. The largest absolute Gasteiger partial charge is 0.468 e. The summed E-state index contributed by atoms with van der Waals surface area (Å²) in [4.78, 5) is 11.4. The van der Waals surface area contributed by atoms with Crippen LogP contribution in [0.5, 0.6) is 0 Å². The number of nitrogens with zero attached hydrogens (tertiary/aromatic N) is 2. The molecule has 0 amide bonds. The van der Waals surface area contributed by atoms with Gasteiger partial charge in [0.2, 0.25) is 11.8 Å². The molecular weight excluding hydrogens is 210 g/mol. The number of nitrogens with one attached hydrogen (secondary N) is 1. The fraction of sp³-hybridized carbons (Fsp3) is 0.700. The second kappa shape index (κ2) is 5.60. The van der Waals surface area contributed by atoms with Crippen LogP contribution >= 0.6 is 0 Å². The van der Waals surface area contributed by atoms with E-state index in [1.54, 1.807) is 6.92 Å². The molecule has 1 atom stereocenters. The lowest BCUT2D eigenvalue weighted by atomic mass is 10.1. The quantitative estimate of drug-likeness (QED) is 0.745. The van der Waals surface area contributed by atoms with Gasteiger partial charge in [0.05, 0.1) is 13.7 Å². The molecule has 1 rings (SSSR count). The van der Waals surface area contributed by atoms with Gasteiger partial charge in [-0.15, -0.1) is 10.2 Å². The molecule has 0 bridgehead atoms. The molecule has 0 aromatic carbocycles. The molecule has 0 aliphatic heterocycles. The molecular formula is C10H17N3O3. The molecule has 1 aromatic heterocycles. The molecule has 0 aliphatic carbocycles. The number of hydrogen-bond acceptors (Lipinski definition) is 6. The summed E-state index contributed by atoms with van der Waals surface area (Å²) in [5.74, 6) is 0.825. The van der Waals surface area contributed by atoms with Crippen molar-refractivity contribution in [2.75, 3.05) is 7.11 Å². The number of methoxy groups -OCH3 is 1. The van der Waals surface area contributed by atoms with Gasteiger partial charge in [0.15, 0.2) is 0 Å². The monoisotopic (exact) mass is 227 g/mol. The first kappa shape index (κ1) is 12.6. The van der Waals surface area contributed by atoms with Gasteiger partial charge in [0.1, 0.15) is 6.04 Å². The Morgan fingerprint density at radius 1 is 1.50 bits per heavy atom. The lowest BCUT2D eigenvalue weighted by Gasteiger charge is -2.18. The Bertz CT molecular complexity index is 349. The van der Waals surface area contributed by atoms with Crippen molar-refractivity contribution in [2.24, 2.45) is 5.92 Å². The zero-order valence-electron chi connectivity index (χ0n) is 9.98. The molecule has 1 aromatic rings. The number of aryl methyl sites for hydroxylation is 1. The van der Waals surface area contributed by atoms with Crippen LogP contribution in [0, 0.1) is 12.8 Å². The molecule has 0 fully saturated rings. The molecule has 1 N–H and O–H groups in total. The number of ether oxygens (including phenoxy) is 1. The molecule has 1 unspecified atom stereocenters. The third kappa shape index (κ3) is 3.30. The fourth-order valence-electron chi connectivity index (χ4n) is 1.32. The Labute approximate surface area is 94.4 Å². The molecule has 90 valence electrons. The lowest BCUT2D eigenvalue weighted by molar-refractivity contribution is -0.144. The van der Waals surface area contributed by atoms with E-state index in [-0.39, 0.29) is 17.9 Å². The average molecular weight is 227 g/mol. The van der Waals surface area contributed by atoms with Crippen LogP contribution in [0.3, 0.4) is 0 Å². The molecule has 6 nitrogen and oxygen atoms in total. The van der Waals surface area contributed by atoms with Crippen LogP contribution in [0.4, 0.5) is 0 Å². The van der Waals surface area contributed by atoms with Gasteiger partial charge in [0.25, 0.3) is 0 Å². The number of aromatic nitrogens is 2. The minimum absolute atomic E-state index is 0.136. The second-order valence-corrected chi connectivity index (χ2v) is 3.84. The van der Waals surface area contributed by atoms with Gasteiger partial charge in [-0.25, -0.2) is 0 Å². The molecule has 6 heteroatoms. The number of rotatable bonds is 5. The smallest absolute Gasteiger partial charge is 0.323 e. The SMILES string of the molecule is COC(=O)C(NCc1nnc(C)o1)C(C)C. The highest BCUT2D eigenvalue weighted by Gasteiger charge is 2.22. The number of carbonyl (C=O) groups is 1. The summed E-state index contributed by atoms with van der Waals surface area (Å²) in [7, 11) is 1.37. The van der Waals surface area contributed by atoms with Crippen molar-refractivity contribution in [3.05, 3.63) is 11.8 Å². The minimum atomic E-state index is -0.364. The van der Waals surface area contributed by atoms with Gasteiger partial charge in [-0.3, -0.25) is 10.1 Å². The Morgan fingerprint density at radius 3 is 2.62 bits per heavy atom. The molecule has 0 saturated heterocycles. The normalized spacial score (nSPS) is 12.8. The van der Waals surface area contributed by atoms with Gasteiger partial charge in [-0.05, 0) is 5.92 Å². The summed E-state index contributed by atoms with van der Waals surface area (Å²) in [6.07, 6.45) is 0. The summed E-state index contributed by atoms with van der Waals surface area (Å²) in [5, 5.41) is 10.6. The molecule has 0 aliphatic rings. The van der Waals surface area contributed by atoms with Crippen molar-refractivity contribution in [2.45, 2.75) is 33.4 Å². The second-order valence-electron chi connectivity index (χ2n) is 3.84. The van der Waals surface area contributed by atoms with Gasteiger partial charge in [0, 0.05) is 6.92 Å². The van der Waals surface area contributed by atoms with Crippen molar-refractivity contribution >= 4 is 5.97 Å². The molecule has 0 saturated carbocycles. The zero-order valence-corrected chi connectivity index (χ0v) is 9.98. The van der Waals surface area contributed by atoms with E-state index in [0.717, 1.165) is 0 Å². The van der Waals surface area contributed by atoms with Crippen LogP contribution in [0.1, 0.15) is 25.6 Å². The number of esters is 1. The van der Waals surface area contributed by atoms with E-state index in [1.165, 1.54) is 7.11 Å². The maximum Gasteiger partial charge on any atom is 0.323 e. The van der Waals surface area contributed by atoms with Crippen LogP contribution in [0.25, 0.3) is 0 Å². The van der Waals surface area contributed by atoms with Crippen LogP contribution in [-0.2, 0) is 16.1 Å². The Kier molecular flexibility index (Phi) is 4.42. The van der Waals surface area contributed by atoms with E-state index in [4.69, 9.17) is 9.15 Å². The first-order chi connectivity index (χ1) is 7.54. The van der Waals surface area contributed by atoms with Crippen molar-refractivity contribution in [3.8, 4) is 0 Å². The van der Waals surface area contributed by atoms with Gasteiger partial charge in [-0.2, -0.15) is 0 Å². The minimum Gasteiger partial charge on any atom is -0.468 e. The number of carbonyl (C=O) groups excluding carboxylic acids is 1. The highest BCUT2D eigenvalue weighted by Crippen LogP contribution is 2.05. The Hall–Kier alpha value is -1.43. The molecule has 0 radical (unpaired) electrons. The zero-order chi connectivity index (χ0) is 12.1. The van der Waals surface area contributed by atoms with Crippen molar-refractivity contribution in [3.63, 3.8) is 0 Å². The fourth-order valence-corrected chi connectivity index (χ4v) is 1.32. The Balaban J connectivity index is 2.53. The molecule has 16 heavy (non-hydrogen) atoms.